The van der Waals surface area contributed by atoms with Gasteiger partial charge in [0, 0.05) is 17.3 Å². The van der Waals surface area contributed by atoms with E-state index in [1.54, 1.807) is 0 Å². The minimum atomic E-state index is -0.0169. The fourth-order valence-electron chi connectivity index (χ4n) is 2.84. The summed E-state index contributed by atoms with van der Waals surface area (Å²) in [5, 5.41) is 19.4. The van der Waals surface area contributed by atoms with E-state index in [9.17, 15) is 10.2 Å². The van der Waals surface area contributed by atoms with Gasteiger partial charge in [-0.2, -0.15) is 0 Å². The average Bonchev–Trinajstić information content (AvgIpc) is 2.35. The Hall–Kier alpha value is -1.44. The SMILES string of the molecule is CC1CC(C(C)(C)C2=CC=C(O)C(C)C2)=CC=C1O. The zero-order valence-electron chi connectivity index (χ0n) is 12.3. The maximum atomic E-state index is 9.71. The smallest absolute Gasteiger partial charge is 0.0953 e. The highest BCUT2D eigenvalue weighted by Gasteiger charge is 2.32. The van der Waals surface area contributed by atoms with Crippen LogP contribution in [-0.4, -0.2) is 10.2 Å². The number of aliphatic hydroxyl groups is 2. The monoisotopic (exact) mass is 260 g/mol. The van der Waals surface area contributed by atoms with Gasteiger partial charge in [0.1, 0.15) is 0 Å². The van der Waals surface area contributed by atoms with Crippen molar-refractivity contribution in [3.05, 3.63) is 47.0 Å². The molecule has 0 aliphatic heterocycles. The lowest BCUT2D eigenvalue weighted by molar-refractivity contribution is 0.312. The first-order chi connectivity index (χ1) is 8.82. The third-order valence-electron chi connectivity index (χ3n) is 4.58. The summed E-state index contributed by atoms with van der Waals surface area (Å²) in [6.45, 7) is 8.57. The van der Waals surface area contributed by atoms with E-state index in [2.05, 4.69) is 39.8 Å². The third-order valence-corrected chi connectivity index (χ3v) is 4.58. The summed E-state index contributed by atoms with van der Waals surface area (Å²) < 4.78 is 0. The molecule has 2 unspecified atom stereocenters. The lowest BCUT2D eigenvalue weighted by Crippen LogP contribution is -2.24. The molecular formula is C17H24O2. The van der Waals surface area contributed by atoms with E-state index in [1.807, 2.05) is 12.2 Å². The highest BCUT2D eigenvalue weighted by atomic mass is 16.3. The van der Waals surface area contributed by atoms with Crippen LogP contribution in [0.15, 0.2) is 47.0 Å². The van der Waals surface area contributed by atoms with Crippen LogP contribution in [0.4, 0.5) is 0 Å². The van der Waals surface area contributed by atoms with Crippen molar-refractivity contribution in [3.63, 3.8) is 0 Å². The number of rotatable bonds is 2. The van der Waals surface area contributed by atoms with E-state index in [0.29, 0.717) is 11.5 Å². The Bertz CT molecular complexity index is 445. The molecule has 0 saturated heterocycles. The zero-order valence-corrected chi connectivity index (χ0v) is 12.3. The first-order valence-electron chi connectivity index (χ1n) is 7.02. The predicted molar refractivity (Wildman–Crippen MR) is 78.9 cm³/mol. The molecule has 2 N–H and O–H groups in total. The van der Waals surface area contributed by atoms with Crippen molar-refractivity contribution >= 4 is 0 Å². The van der Waals surface area contributed by atoms with Gasteiger partial charge in [-0.3, -0.25) is 0 Å². The van der Waals surface area contributed by atoms with Gasteiger partial charge in [0.05, 0.1) is 11.5 Å². The molecule has 0 fully saturated rings. The van der Waals surface area contributed by atoms with E-state index >= 15 is 0 Å². The maximum Gasteiger partial charge on any atom is 0.0953 e. The van der Waals surface area contributed by atoms with Crippen LogP contribution < -0.4 is 0 Å². The standard InChI is InChI=1S/C17H24O2/c1-11-9-13(5-7-15(11)18)17(3,4)14-6-8-16(19)12(2)10-14/h5-8,11-12,18-19H,9-10H2,1-4H3. The van der Waals surface area contributed by atoms with Gasteiger partial charge in [-0.15, -0.1) is 0 Å². The van der Waals surface area contributed by atoms with Gasteiger partial charge in [0.2, 0.25) is 0 Å². The van der Waals surface area contributed by atoms with Crippen LogP contribution in [0.1, 0.15) is 40.5 Å². The third kappa shape index (κ3) is 2.63. The zero-order chi connectivity index (χ0) is 14.2. The van der Waals surface area contributed by atoms with E-state index in [-0.39, 0.29) is 17.3 Å². The molecule has 0 aromatic heterocycles. The van der Waals surface area contributed by atoms with Gasteiger partial charge in [0.25, 0.3) is 0 Å². The lowest BCUT2D eigenvalue weighted by Gasteiger charge is -2.36. The van der Waals surface area contributed by atoms with Crippen LogP contribution in [-0.2, 0) is 0 Å². The van der Waals surface area contributed by atoms with Gasteiger partial charge >= 0.3 is 0 Å². The Balaban J connectivity index is 2.29. The van der Waals surface area contributed by atoms with Gasteiger partial charge < -0.3 is 10.2 Å². The van der Waals surface area contributed by atoms with Crippen LogP contribution in [0.5, 0.6) is 0 Å². The number of hydrogen-bond acceptors (Lipinski definition) is 2. The van der Waals surface area contributed by atoms with Gasteiger partial charge in [-0.05, 0) is 25.0 Å². The number of allylic oxidation sites excluding steroid dienone is 8. The molecule has 2 aliphatic carbocycles. The summed E-state index contributed by atoms with van der Waals surface area (Å²) in [7, 11) is 0. The first kappa shape index (κ1) is 14.0. The second-order valence-corrected chi connectivity index (χ2v) is 6.40. The van der Waals surface area contributed by atoms with Crippen LogP contribution in [0.3, 0.4) is 0 Å². The Labute approximate surface area is 115 Å². The molecule has 0 aromatic rings. The molecule has 0 amide bonds. The Morgan fingerprint density at radius 3 is 1.53 bits per heavy atom. The molecule has 0 spiro atoms. The highest BCUT2D eigenvalue weighted by molar-refractivity contribution is 5.37. The normalized spacial score (nSPS) is 28.2. The molecule has 2 atom stereocenters. The summed E-state index contributed by atoms with van der Waals surface area (Å²) in [4.78, 5) is 0. The van der Waals surface area contributed by atoms with Crippen LogP contribution in [0.25, 0.3) is 0 Å². The summed E-state index contributed by atoms with van der Waals surface area (Å²) in [5.74, 6) is 1.35. The quantitative estimate of drug-likeness (QED) is 0.746. The molecule has 0 radical (unpaired) electrons. The summed E-state index contributed by atoms with van der Waals surface area (Å²) in [5.41, 5.74) is 2.69. The highest BCUT2D eigenvalue weighted by Crippen LogP contribution is 2.44. The van der Waals surface area contributed by atoms with E-state index in [0.717, 1.165) is 12.8 Å². The van der Waals surface area contributed by atoms with Crippen LogP contribution >= 0.6 is 0 Å². The van der Waals surface area contributed by atoms with Crippen molar-refractivity contribution < 1.29 is 10.2 Å². The van der Waals surface area contributed by atoms with Crippen molar-refractivity contribution in [1.82, 2.24) is 0 Å². The van der Waals surface area contributed by atoms with Gasteiger partial charge in [-0.1, -0.05) is 51.0 Å². The van der Waals surface area contributed by atoms with Crippen LogP contribution in [0.2, 0.25) is 0 Å². The molecule has 0 saturated carbocycles. The summed E-state index contributed by atoms with van der Waals surface area (Å²) in [6.07, 6.45) is 9.56. The minimum absolute atomic E-state index is 0.0169. The van der Waals surface area contributed by atoms with Crippen molar-refractivity contribution in [2.45, 2.75) is 40.5 Å². The van der Waals surface area contributed by atoms with Crippen molar-refractivity contribution in [2.24, 2.45) is 17.3 Å². The van der Waals surface area contributed by atoms with E-state index < -0.39 is 0 Å². The minimum Gasteiger partial charge on any atom is -0.512 e. The van der Waals surface area contributed by atoms with E-state index in [4.69, 9.17) is 0 Å². The maximum absolute atomic E-state index is 9.71. The molecule has 0 heterocycles. The Morgan fingerprint density at radius 2 is 1.21 bits per heavy atom. The van der Waals surface area contributed by atoms with Crippen molar-refractivity contribution in [3.8, 4) is 0 Å². The molecule has 2 rings (SSSR count). The molecule has 0 aromatic carbocycles. The largest absolute Gasteiger partial charge is 0.512 e. The Morgan fingerprint density at radius 1 is 0.842 bits per heavy atom. The lowest BCUT2D eigenvalue weighted by atomic mass is 9.69. The average molecular weight is 260 g/mol. The number of hydrogen-bond donors (Lipinski definition) is 2. The van der Waals surface area contributed by atoms with Crippen molar-refractivity contribution in [1.29, 1.82) is 0 Å². The molecular weight excluding hydrogens is 236 g/mol. The fourth-order valence-corrected chi connectivity index (χ4v) is 2.84. The molecule has 2 nitrogen and oxygen atoms in total. The fraction of sp³-hybridized carbons (Fsp3) is 0.529. The molecule has 104 valence electrons. The Kier molecular flexibility index (Phi) is 3.62. The number of aliphatic hydroxyl groups excluding tert-OH is 2. The molecule has 2 heteroatoms. The van der Waals surface area contributed by atoms with Gasteiger partial charge in [0.15, 0.2) is 0 Å². The second-order valence-electron chi connectivity index (χ2n) is 6.40. The van der Waals surface area contributed by atoms with Crippen molar-refractivity contribution in [2.75, 3.05) is 0 Å². The summed E-state index contributed by atoms with van der Waals surface area (Å²) >= 11 is 0. The molecule has 19 heavy (non-hydrogen) atoms. The van der Waals surface area contributed by atoms with Gasteiger partial charge in [-0.25, -0.2) is 0 Å². The molecule has 0 bridgehead atoms. The molecule has 2 aliphatic rings. The van der Waals surface area contributed by atoms with Crippen LogP contribution in [0, 0.1) is 17.3 Å². The second kappa shape index (κ2) is 4.92. The van der Waals surface area contributed by atoms with E-state index in [1.165, 1.54) is 11.1 Å². The topological polar surface area (TPSA) is 40.5 Å². The first-order valence-corrected chi connectivity index (χ1v) is 7.02. The summed E-state index contributed by atoms with van der Waals surface area (Å²) in [6, 6.07) is 0. The predicted octanol–water partition coefficient (Wildman–Crippen LogP) is 4.83.